The number of amides is 1. The summed E-state index contributed by atoms with van der Waals surface area (Å²) in [6, 6.07) is 0.190. The van der Waals surface area contributed by atoms with E-state index in [2.05, 4.69) is 17.6 Å². The normalized spacial score (nSPS) is 28.9. The van der Waals surface area contributed by atoms with Crippen LogP contribution in [0.25, 0.3) is 0 Å². The van der Waals surface area contributed by atoms with Crippen molar-refractivity contribution < 1.29 is 9.90 Å². The molecule has 1 unspecified atom stereocenters. The largest absolute Gasteiger partial charge is 0.388 e. The maximum Gasteiger partial charge on any atom is 0.221 e. The first-order valence-corrected chi connectivity index (χ1v) is 7.71. The molecule has 0 aromatic carbocycles. The van der Waals surface area contributed by atoms with Crippen molar-refractivity contribution in [2.24, 2.45) is 5.92 Å². The summed E-state index contributed by atoms with van der Waals surface area (Å²) in [5.41, 5.74) is -0.678. The van der Waals surface area contributed by atoms with E-state index in [4.69, 9.17) is 0 Å². The smallest absolute Gasteiger partial charge is 0.221 e. The minimum atomic E-state index is -0.678. The zero-order valence-corrected chi connectivity index (χ0v) is 12.7. The van der Waals surface area contributed by atoms with Gasteiger partial charge in [0.25, 0.3) is 0 Å². The predicted octanol–water partition coefficient (Wildman–Crippen LogP) is 1.82. The minimum Gasteiger partial charge on any atom is -0.388 e. The lowest BCUT2D eigenvalue weighted by Crippen LogP contribution is -2.46. The number of nitrogens with one attached hydrogen (secondary N) is 2. The highest BCUT2D eigenvalue weighted by molar-refractivity contribution is 5.76. The van der Waals surface area contributed by atoms with E-state index >= 15 is 0 Å². The molecule has 1 fully saturated rings. The fraction of sp³-hybridized carbons (Fsp3) is 0.933. The molecule has 3 N–H and O–H groups in total. The van der Waals surface area contributed by atoms with Gasteiger partial charge in [-0.05, 0) is 45.1 Å². The van der Waals surface area contributed by atoms with Gasteiger partial charge in [-0.2, -0.15) is 0 Å². The lowest BCUT2D eigenvalue weighted by atomic mass is 9.78. The van der Waals surface area contributed by atoms with Gasteiger partial charge in [0.15, 0.2) is 0 Å². The minimum absolute atomic E-state index is 0.0273. The maximum absolute atomic E-state index is 11.8. The van der Waals surface area contributed by atoms with Crippen LogP contribution in [0.1, 0.15) is 59.3 Å². The van der Waals surface area contributed by atoms with E-state index in [9.17, 15) is 9.90 Å². The average Bonchev–Trinajstić information content (AvgIpc) is 2.38. The molecular formula is C15H30N2O2. The number of hydrogen-bond donors (Lipinski definition) is 3. The van der Waals surface area contributed by atoms with Crippen molar-refractivity contribution in [2.45, 2.75) is 70.9 Å². The molecule has 1 atom stereocenters. The second-order valence-electron chi connectivity index (χ2n) is 6.02. The molecule has 112 valence electrons. The molecule has 0 aromatic heterocycles. The fourth-order valence-electron chi connectivity index (χ4n) is 2.83. The highest BCUT2D eigenvalue weighted by atomic mass is 16.3. The van der Waals surface area contributed by atoms with Crippen LogP contribution in [-0.2, 0) is 4.79 Å². The van der Waals surface area contributed by atoms with Gasteiger partial charge in [0.1, 0.15) is 0 Å². The standard InChI is InChI=1S/C15H30N2O2/c1-4-13-6-8-15(19,9-7-13)11-17-14(18)10-12(3)16-5-2/h12-13,16,19H,4-11H2,1-3H3,(H,17,18). The molecule has 0 aromatic rings. The SMILES string of the molecule is CCNC(C)CC(=O)NCC1(O)CCC(CC)CC1. The highest BCUT2D eigenvalue weighted by Gasteiger charge is 2.32. The molecule has 0 heterocycles. The third-order valence-electron chi connectivity index (χ3n) is 4.27. The molecule has 0 saturated heterocycles. The predicted molar refractivity (Wildman–Crippen MR) is 78.0 cm³/mol. The Kier molecular flexibility index (Phi) is 6.80. The number of aliphatic hydroxyl groups is 1. The maximum atomic E-state index is 11.8. The molecule has 1 aliphatic carbocycles. The number of carbonyl (C=O) groups is 1. The Morgan fingerprint density at radius 1 is 1.37 bits per heavy atom. The fourth-order valence-corrected chi connectivity index (χ4v) is 2.83. The van der Waals surface area contributed by atoms with E-state index in [0.717, 1.165) is 38.1 Å². The Hall–Kier alpha value is -0.610. The second-order valence-corrected chi connectivity index (χ2v) is 6.02. The molecule has 0 bridgehead atoms. The van der Waals surface area contributed by atoms with E-state index in [1.54, 1.807) is 0 Å². The molecular weight excluding hydrogens is 240 g/mol. The van der Waals surface area contributed by atoms with Gasteiger partial charge in [0, 0.05) is 19.0 Å². The van der Waals surface area contributed by atoms with Crippen LogP contribution >= 0.6 is 0 Å². The Morgan fingerprint density at radius 2 is 2.00 bits per heavy atom. The van der Waals surface area contributed by atoms with Crippen molar-refractivity contribution in [1.82, 2.24) is 10.6 Å². The topological polar surface area (TPSA) is 61.4 Å². The van der Waals surface area contributed by atoms with Crippen LogP contribution in [-0.4, -0.2) is 35.7 Å². The average molecular weight is 270 g/mol. The first kappa shape index (κ1) is 16.4. The van der Waals surface area contributed by atoms with E-state index in [1.165, 1.54) is 6.42 Å². The Labute approximate surface area is 117 Å². The van der Waals surface area contributed by atoms with Gasteiger partial charge in [-0.15, -0.1) is 0 Å². The van der Waals surface area contributed by atoms with Crippen molar-refractivity contribution in [1.29, 1.82) is 0 Å². The van der Waals surface area contributed by atoms with Crippen LogP contribution in [0.3, 0.4) is 0 Å². The van der Waals surface area contributed by atoms with Crippen LogP contribution in [0.4, 0.5) is 0 Å². The molecule has 0 spiro atoms. The van der Waals surface area contributed by atoms with E-state index < -0.39 is 5.60 Å². The van der Waals surface area contributed by atoms with E-state index in [1.807, 2.05) is 13.8 Å². The molecule has 0 aliphatic heterocycles. The third-order valence-corrected chi connectivity index (χ3v) is 4.27. The van der Waals surface area contributed by atoms with Gasteiger partial charge in [-0.25, -0.2) is 0 Å². The number of hydrogen-bond acceptors (Lipinski definition) is 3. The van der Waals surface area contributed by atoms with Gasteiger partial charge < -0.3 is 15.7 Å². The summed E-state index contributed by atoms with van der Waals surface area (Å²) in [5, 5.41) is 16.5. The van der Waals surface area contributed by atoms with Gasteiger partial charge in [-0.3, -0.25) is 4.79 Å². The summed E-state index contributed by atoms with van der Waals surface area (Å²) in [5.74, 6) is 0.782. The monoisotopic (exact) mass is 270 g/mol. The lowest BCUT2D eigenvalue weighted by Gasteiger charge is -2.36. The summed E-state index contributed by atoms with van der Waals surface area (Å²) in [6.07, 6.45) is 5.46. The van der Waals surface area contributed by atoms with Gasteiger partial charge in [-0.1, -0.05) is 20.3 Å². The van der Waals surface area contributed by atoms with Crippen molar-refractivity contribution in [3.63, 3.8) is 0 Å². The molecule has 1 aliphatic rings. The zero-order valence-electron chi connectivity index (χ0n) is 12.7. The van der Waals surface area contributed by atoms with Crippen molar-refractivity contribution in [2.75, 3.05) is 13.1 Å². The van der Waals surface area contributed by atoms with Crippen molar-refractivity contribution in [3.05, 3.63) is 0 Å². The molecule has 4 heteroatoms. The number of carbonyl (C=O) groups excluding carboxylic acids is 1. The molecule has 1 saturated carbocycles. The quantitative estimate of drug-likeness (QED) is 0.661. The molecule has 19 heavy (non-hydrogen) atoms. The summed E-state index contributed by atoms with van der Waals surface area (Å²) >= 11 is 0. The van der Waals surface area contributed by atoms with Gasteiger partial charge >= 0.3 is 0 Å². The van der Waals surface area contributed by atoms with E-state index in [-0.39, 0.29) is 11.9 Å². The molecule has 1 rings (SSSR count). The van der Waals surface area contributed by atoms with E-state index in [0.29, 0.717) is 13.0 Å². The lowest BCUT2D eigenvalue weighted by molar-refractivity contribution is -0.123. The Balaban J connectivity index is 2.26. The first-order valence-electron chi connectivity index (χ1n) is 7.71. The van der Waals surface area contributed by atoms with Crippen LogP contribution in [0, 0.1) is 5.92 Å². The Bertz CT molecular complexity index is 273. The third kappa shape index (κ3) is 5.91. The molecule has 1 amide bonds. The first-order chi connectivity index (χ1) is 8.99. The van der Waals surface area contributed by atoms with Gasteiger partial charge in [0.2, 0.25) is 5.91 Å². The summed E-state index contributed by atoms with van der Waals surface area (Å²) < 4.78 is 0. The Morgan fingerprint density at radius 3 is 2.53 bits per heavy atom. The summed E-state index contributed by atoms with van der Waals surface area (Å²) in [4.78, 5) is 11.8. The van der Waals surface area contributed by atoms with Crippen LogP contribution in [0.15, 0.2) is 0 Å². The highest BCUT2D eigenvalue weighted by Crippen LogP contribution is 2.33. The van der Waals surface area contributed by atoms with Gasteiger partial charge in [0.05, 0.1) is 5.60 Å². The van der Waals surface area contributed by atoms with Crippen molar-refractivity contribution in [3.8, 4) is 0 Å². The van der Waals surface area contributed by atoms with Crippen LogP contribution in [0.5, 0.6) is 0 Å². The van der Waals surface area contributed by atoms with Crippen LogP contribution < -0.4 is 10.6 Å². The zero-order chi connectivity index (χ0) is 14.3. The number of rotatable bonds is 7. The van der Waals surface area contributed by atoms with Crippen LogP contribution in [0.2, 0.25) is 0 Å². The van der Waals surface area contributed by atoms with Crippen molar-refractivity contribution >= 4 is 5.91 Å². The summed E-state index contributed by atoms with van der Waals surface area (Å²) in [7, 11) is 0. The molecule has 0 radical (unpaired) electrons. The summed E-state index contributed by atoms with van der Waals surface area (Å²) in [6.45, 7) is 7.52. The molecule has 4 nitrogen and oxygen atoms in total. The second kappa shape index (κ2) is 7.85.